The Balaban J connectivity index is 2.07. The summed E-state index contributed by atoms with van der Waals surface area (Å²) in [6.07, 6.45) is 2.49. The molecule has 1 fully saturated rings. The molecule has 1 unspecified atom stereocenters. The summed E-state index contributed by atoms with van der Waals surface area (Å²) in [6.45, 7) is 4.51. The summed E-state index contributed by atoms with van der Waals surface area (Å²) >= 11 is 1.86. The van der Waals surface area contributed by atoms with Crippen LogP contribution in [0.2, 0.25) is 0 Å². The fourth-order valence-electron chi connectivity index (χ4n) is 2.35. The highest BCUT2D eigenvalue weighted by atomic mass is 32.2. The third-order valence-corrected chi connectivity index (χ3v) is 5.38. The molecule has 0 aromatic heterocycles. The Kier molecular flexibility index (Phi) is 4.36. The second-order valence-electron chi connectivity index (χ2n) is 5.40. The van der Waals surface area contributed by atoms with E-state index in [0.717, 1.165) is 5.75 Å². The molecular weight excluding hydrogens is 242 g/mol. The molecule has 2 nitrogen and oxygen atoms in total. The molecule has 2 N–H and O–H groups in total. The van der Waals surface area contributed by atoms with Crippen molar-refractivity contribution in [3.8, 4) is 0 Å². The molecule has 100 valence electrons. The van der Waals surface area contributed by atoms with Crippen molar-refractivity contribution in [3.63, 3.8) is 0 Å². The average molecular weight is 265 g/mol. The molecule has 1 aromatic carbocycles. The molecule has 0 heterocycles. The van der Waals surface area contributed by atoms with Gasteiger partial charge in [-0.1, -0.05) is 17.7 Å². The zero-order chi connectivity index (χ0) is 13.2. The normalized spacial score (nSPS) is 18.7. The Morgan fingerprint density at radius 2 is 2.11 bits per heavy atom. The van der Waals surface area contributed by atoms with Gasteiger partial charge in [-0.3, -0.25) is 0 Å². The maximum Gasteiger partial charge on any atom is 0.0624 e. The summed E-state index contributed by atoms with van der Waals surface area (Å²) in [5.74, 6) is 1.58. The molecule has 3 heteroatoms. The van der Waals surface area contributed by atoms with Gasteiger partial charge in [-0.05, 0) is 51.3 Å². The van der Waals surface area contributed by atoms with Gasteiger partial charge in [0.15, 0.2) is 0 Å². The summed E-state index contributed by atoms with van der Waals surface area (Å²) in [4.78, 5) is 1.34. The average Bonchev–Trinajstić information content (AvgIpc) is 3.20. The van der Waals surface area contributed by atoms with Gasteiger partial charge in [0.25, 0.3) is 0 Å². The van der Waals surface area contributed by atoms with E-state index in [0.29, 0.717) is 5.92 Å². The number of hydrogen-bond acceptors (Lipinski definition) is 3. The van der Waals surface area contributed by atoms with Crippen molar-refractivity contribution in [1.29, 1.82) is 0 Å². The van der Waals surface area contributed by atoms with Crippen molar-refractivity contribution >= 4 is 11.8 Å². The summed E-state index contributed by atoms with van der Waals surface area (Å²) in [5, 5.41) is 13.1. The van der Waals surface area contributed by atoms with Crippen LogP contribution in [0.5, 0.6) is 0 Å². The van der Waals surface area contributed by atoms with E-state index in [1.807, 2.05) is 18.8 Å². The molecule has 0 radical (unpaired) electrons. The number of benzene rings is 1. The van der Waals surface area contributed by atoms with Crippen LogP contribution < -0.4 is 5.32 Å². The third kappa shape index (κ3) is 2.90. The highest BCUT2D eigenvalue weighted by molar-refractivity contribution is 7.99. The van der Waals surface area contributed by atoms with E-state index in [1.165, 1.54) is 28.9 Å². The highest BCUT2D eigenvalue weighted by Gasteiger charge is 2.43. The Bertz CT molecular complexity index is 411. The van der Waals surface area contributed by atoms with E-state index in [2.05, 4.69) is 37.4 Å². The van der Waals surface area contributed by atoms with Gasteiger partial charge in [0.05, 0.1) is 12.1 Å². The predicted octanol–water partition coefficient (Wildman–Crippen LogP) is 2.76. The minimum Gasteiger partial charge on any atom is -0.394 e. The highest BCUT2D eigenvalue weighted by Crippen LogP contribution is 2.42. The number of rotatable bonds is 6. The lowest BCUT2D eigenvalue weighted by molar-refractivity contribution is 0.167. The first-order valence-electron chi connectivity index (χ1n) is 6.61. The maximum absolute atomic E-state index is 9.71. The van der Waals surface area contributed by atoms with Crippen molar-refractivity contribution in [1.82, 2.24) is 5.32 Å². The zero-order valence-electron chi connectivity index (χ0n) is 11.5. The predicted molar refractivity (Wildman–Crippen MR) is 78.2 cm³/mol. The molecule has 1 saturated carbocycles. The quantitative estimate of drug-likeness (QED) is 0.776. The summed E-state index contributed by atoms with van der Waals surface area (Å²) in [6, 6.07) is 6.57. The standard InChI is InChI=1S/C15H23NOS/c1-11-4-5-12(2)14(8-11)18-10-15(9-17,16-3)13-6-7-13/h4-5,8,13,16-17H,6-7,9-10H2,1-3H3. The molecule has 1 aliphatic carbocycles. The number of thioether (sulfide) groups is 1. The number of likely N-dealkylation sites (N-methyl/N-ethyl adjacent to an activating group) is 1. The minimum absolute atomic E-state index is 0.0964. The molecule has 18 heavy (non-hydrogen) atoms. The van der Waals surface area contributed by atoms with Gasteiger partial charge in [-0.25, -0.2) is 0 Å². The van der Waals surface area contributed by atoms with Gasteiger partial charge in [0.1, 0.15) is 0 Å². The van der Waals surface area contributed by atoms with Crippen LogP contribution in [0.1, 0.15) is 24.0 Å². The number of nitrogens with one attached hydrogen (secondary N) is 1. The fourth-order valence-corrected chi connectivity index (χ4v) is 3.80. The molecular formula is C15H23NOS. The maximum atomic E-state index is 9.71. The molecule has 0 saturated heterocycles. The van der Waals surface area contributed by atoms with E-state index in [1.54, 1.807) is 0 Å². The van der Waals surface area contributed by atoms with Crippen LogP contribution in [-0.2, 0) is 0 Å². The molecule has 1 aromatic rings. The molecule has 0 aliphatic heterocycles. The number of aryl methyl sites for hydroxylation is 2. The Labute approximate surface area is 114 Å². The fraction of sp³-hybridized carbons (Fsp3) is 0.600. The first-order chi connectivity index (χ1) is 8.61. The van der Waals surface area contributed by atoms with Gasteiger partial charge in [-0.15, -0.1) is 11.8 Å². The lowest BCUT2D eigenvalue weighted by atomic mass is 9.97. The zero-order valence-corrected chi connectivity index (χ0v) is 12.3. The smallest absolute Gasteiger partial charge is 0.0624 e. The molecule has 0 bridgehead atoms. The van der Waals surface area contributed by atoms with Crippen LogP contribution >= 0.6 is 11.8 Å². The van der Waals surface area contributed by atoms with E-state index in [9.17, 15) is 5.11 Å². The van der Waals surface area contributed by atoms with Crippen LogP contribution in [0.4, 0.5) is 0 Å². The molecule has 2 rings (SSSR count). The van der Waals surface area contributed by atoms with Crippen LogP contribution in [0.3, 0.4) is 0 Å². The Hall–Kier alpha value is -0.510. The molecule has 0 amide bonds. The summed E-state index contributed by atoms with van der Waals surface area (Å²) in [5.41, 5.74) is 2.53. The van der Waals surface area contributed by atoms with Crippen molar-refractivity contribution in [3.05, 3.63) is 29.3 Å². The second kappa shape index (κ2) is 5.64. The van der Waals surface area contributed by atoms with Gasteiger partial charge >= 0.3 is 0 Å². The van der Waals surface area contributed by atoms with Gasteiger partial charge in [0, 0.05) is 10.6 Å². The topological polar surface area (TPSA) is 32.3 Å². The largest absolute Gasteiger partial charge is 0.394 e. The summed E-state index contributed by atoms with van der Waals surface area (Å²) in [7, 11) is 1.97. The molecule has 1 aliphatic rings. The first-order valence-corrected chi connectivity index (χ1v) is 7.59. The van der Waals surface area contributed by atoms with Crippen molar-refractivity contribution in [2.24, 2.45) is 5.92 Å². The Morgan fingerprint density at radius 1 is 1.39 bits per heavy atom. The molecule has 1 atom stereocenters. The lowest BCUT2D eigenvalue weighted by Gasteiger charge is -2.31. The first kappa shape index (κ1) is 13.9. The molecule has 0 spiro atoms. The number of hydrogen-bond donors (Lipinski definition) is 2. The number of aliphatic hydroxyl groups excluding tert-OH is 1. The van der Waals surface area contributed by atoms with Crippen molar-refractivity contribution in [2.75, 3.05) is 19.4 Å². The summed E-state index contributed by atoms with van der Waals surface area (Å²) < 4.78 is 0. The van der Waals surface area contributed by atoms with Crippen LogP contribution in [0.25, 0.3) is 0 Å². The number of aliphatic hydroxyl groups is 1. The van der Waals surface area contributed by atoms with Crippen LogP contribution in [0.15, 0.2) is 23.1 Å². The van der Waals surface area contributed by atoms with E-state index in [4.69, 9.17) is 0 Å². The van der Waals surface area contributed by atoms with E-state index < -0.39 is 0 Å². The SMILES string of the molecule is CNC(CO)(CSc1cc(C)ccc1C)C1CC1. The van der Waals surface area contributed by atoms with Crippen molar-refractivity contribution < 1.29 is 5.11 Å². The monoisotopic (exact) mass is 265 g/mol. The van der Waals surface area contributed by atoms with Crippen LogP contribution in [0, 0.1) is 19.8 Å². The lowest BCUT2D eigenvalue weighted by Crippen LogP contribution is -2.51. The third-order valence-electron chi connectivity index (χ3n) is 3.97. The van der Waals surface area contributed by atoms with Crippen LogP contribution in [-0.4, -0.2) is 30.1 Å². The van der Waals surface area contributed by atoms with Gasteiger partial charge < -0.3 is 10.4 Å². The van der Waals surface area contributed by atoms with E-state index in [-0.39, 0.29) is 12.1 Å². The van der Waals surface area contributed by atoms with E-state index >= 15 is 0 Å². The minimum atomic E-state index is -0.0964. The van der Waals surface area contributed by atoms with Gasteiger partial charge in [0.2, 0.25) is 0 Å². The Morgan fingerprint density at radius 3 is 2.67 bits per heavy atom. The van der Waals surface area contributed by atoms with Gasteiger partial charge in [-0.2, -0.15) is 0 Å². The second-order valence-corrected chi connectivity index (χ2v) is 6.41. The van der Waals surface area contributed by atoms with Crippen molar-refractivity contribution in [2.45, 2.75) is 37.1 Å².